The summed E-state index contributed by atoms with van der Waals surface area (Å²) in [5, 5.41) is 0. The molecule has 0 aliphatic carbocycles. The van der Waals surface area contributed by atoms with Gasteiger partial charge in [0, 0.05) is 4.47 Å². The van der Waals surface area contributed by atoms with Crippen molar-refractivity contribution in [1.29, 1.82) is 0 Å². The molecule has 1 aromatic rings. The van der Waals surface area contributed by atoms with Gasteiger partial charge >= 0.3 is 0 Å². The van der Waals surface area contributed by atoms with E-state index in [4.69, 9.17) is 0 Å². The van der Waals surface area contributed by atoms with E-state index in [2.05, 4.69) is 22.5 Å². The summed E-state index contributed by atoms with van der Waals surface area (Å²) in [6.45, 7) is 5.51. The number of aldehydes is 1. The van der Waals surface area contributed by atoms with E-state index in [1.807, 2.05) is 31.2 Å². The van der Waals surface area contributed by atoms with Crippen LogP contribution in [0.1, 0.15) is 12.5 Å². The zero-order chi connectivity index (χ0) is 9.90. The molecule has 2 heteroatoms. The van der Waals surface area contributed by atoms with Crippen LogP contribution in [0.2, 0.25) is 0 Å². The maximum absolute atomic E-state index is 10.9. The molecule has 1 rings (SSSR count). The van der Waals surface area contributed by atoms with E-state index in [9.17, 15) is 4.79 Å². The van der Waals surface area contributed by atoms with Gasteiger partial charge in [-0.05, 0) is 18.6 Å². The maximum Gasteiger partial charge on any atom is 0.134 e. The molecule has 0 saturated heterocycles. The average Bonchev–Trinajstić information content (AvgIpc) is 2.17. The molecule has 0 heterocycles. The molecule has 1 nitrogen and oxygen atoms in total. The topological polar surface area (TPSA) is 17.1 Å². The highest BCUT2D eigenvalue weighted by molar-refractivity contribution is 9.10. The number of hydrogen-bond donors (Lipinski definition) is 0. The second-order valence-electron chi connectivity index (χ2n) is 3.08. The van der Waals surface area contributed by atoms with Crippen LogP contribution in [0.25, 0.3) is 0 Å². The second-order valence-corrected chi connectivity index (χ2v) is 3.94. The summed E-state index contributed by atoms with van der Waals surface area (Å²) in [6.07, 6.45) is 2.56. The van der Waals surface area contributed by atoms with Gasteiger partial charge in [-0.3, -0.25) is 0 Å². The van der Waals surface area contributed by atoms with Crippen molar-refractivity contribution in [3.05, 3.63) is 47.0 Å². The van der Waals surface area contributed by atoms with E-state index >= 15 is 0 Å². The summed E-state index contributed by atoms with van der Waals surface area (Å²) < 4.78 is 0.935. The first kappa shape index (κ1) is 10.2. The van der Waals surface area contributed by atoms with Crippen molar-refractivity contribution in [3.63, 3.8) is 0 Å². The summed E-state index contributed by atoms with van der Waals surface area (Å²) in [6, 6.07) is 7.66. The Hall–Kier alpha value is -0.890. The van der Waals surface area contributed by atoms with Gasteiger partial charge in [-0.15, -0.1) is 6.58 Å². The van der Waals surface area contributed by atoms with Crippen LogP contribution in [0.5, 0.6) is 0 Å². The first-order chi connectivity index (χ1) is 6.14. The molecule has 1 atom stereocenters. The van der Waals surface area contributed by atoms with Crippen LogP contribution in [0.4, 0.5) is 0 Å². The van der Waals surface area contributed by atoms with Crippen molar-refractivity contribution in [2.75, 3.05) is 0 Å². The zero-order valence-corrected chi connectivity index (χ0v) is 9.04. The van der Waals surface area contributed by atoms with Gasteiger partial charge in [0.05, 0.1) is 5.41 Å². The fraction of sp³-hybridized carbons (Fsp3) is 0.182. The predicted molar refractivity (Wildman–Crippen MR) is 57.8 cm³/mol. The van der Waals surface area contributed by atoms with E-state index < -0.39 is 5.41 Å². The average molecular weight is 239 g/mol. The normalized spacial score (nSPS) is 14.6. The third-order valence-corrected chi connectivity index (χ3v) is 2.81. The highest BCUT2D eigenvalue weighted by Crippen LogP contribution is 2.29. The molecule has 68 valence electrons. The molecule has 0 aliphatic rings. The Labute approximate surface area is 86.6 Å². The van der Waals surface area contributed by atoms with Gasteiger partial charge < -0.3 is 4.79 Å². The zero-order valence-electron chi connectivity index (χ0n) is 7.46. The van der Waals surface area contributed by atoms with Gasteiger partial charge in [0.2, 0.25) is 0 Å². The first-order valence-electron chi connectivity index (χ1n) is 3.99. The van der Waals surface area contributed by atoms with Crippen molar-refractivity contribution in [1.82, 2.24) is 0 Å². The molecule has 0 bridgehead atoms. The van der Waals surface area contributed by atoms with Crippen molar-refractivity contribution in [3.8, 4) is 0 Å². The Kier molecular flexibility index (Phi) is 3.04. The quantitative estimate of drug-likeness (QED) is 0.585. The molecule has 0 aliphatic heterocycles. The summed E-state index contributed by atoms with van der Waals surface area (Å²) in [5.41, 5.74) is 0.347. The van der Waals surface area contributed by atoms with Crippen LogP contribution in [0.3, 0.4) is 0 Å². The number of carbonyl (C=O) groups is 1. The van der Waals surface area contributed by atoms with Gasteiger partial charge in [-0.25, -0.2) is 0 Å². The van der Waals surface area contributed by atoms with E-state index in [-0.39, 0.29) is 0 Å². The number of rotatable bonds is 3. The van der Waals surface area contributed by atoms with Gasteiger partial charge in [0.1, 0.15) is 6.29 Å². The molecule has 0 spiro atoms. The second kappa shape index (κ2) is 3.88. The van der Waals surface area contributed by atoms with E-state index in [1.165, 1.54) is 0 Å². The summed E-state index contributed by atoms with van der Waals surface area (Å²) in [5.74, 6) is 0. The molecule has 0 saturated carbocycles. The minimum Gasteiger partial charge on any atom is -0.302 e. The lowest BCUT2D eigenvalue weighted by Crippen LogP contribution is -2.20. The van der Waals surface area contributed by atoms with Gasteiger partial charge in [-0.2, -0.15) is 0 Å². The monoisotopic (exact) mass is 238 g/mol. The number of benzene rings is 1. The molecular formula is C11H11BrO. The van der Waals surface area contributed by atoms with Crippen molar-refractivity contribution in [2.45, 2.75) is 12.3 Å². The Morgan fingerprint density at radius 2 is 2.08 bits per heavy atom. The smallest absolute Gasteiger partial charge is 0.134 e. The molecule has 0 aromatic heterocycles. The lowest BCUT2D eigenvalue weighted by Gasteiger charge is -2.19. The van der Waals surface area contributed by atoms with Gasteiger partial charge in [0.25, 0.3) is 0 Å². The number of hydrogen-bond acceptors (Lipinski definition) is 1. The molecule has 0 N–H and O–H groups in total. The molecule has 0 radical (unpaired) electrons. The Balaban J connectivity index is 3.27. The van der Waals surface area contributed by atoms with Crippen molar-refractivity contribution >= 4 is 22.2 Å². The number of allylic oxidation sites excluding steroid dienone is 1. The van der Waals surface area contributed by atoms with E-state index in [0.717, 1.165) is 16.3 Å². The lowest BCUT2D eigenvalue weighted by molar-refractivity contribution is -0.110. The van der Waals surface area contributed by atoms with Crippen molar-refractivity contribution in [2.24, 2.45) is 0 Å². The minimum absolute atomic E-state index is 0.597. The van der Waals surface area contributed by atoms with Gasteiger partial charge in [0.15, 0.2) is 0 Å². The molecule has 0 amide bonds. The van der Waals surface area contributed by atoms with Crippen molar-refractivity contribution < 1.29 is 4.79 Å². The number of carbonyl (C=O) groups excluding carboxylic acids is 1. The molecule has 1 unspecified atom stereocenters. The predicted octanol–water partition coefficient (Wildman–Crippen LogP) is 3.09. The Bertz CT molecular complexity index is 323. The summed E-state index contributed by atoms with van der Waals surface area (Å²) >= 11 is 3.41. The Morgan fingerprint density at radius 3 is 2.54 bits per heavy atom. The van der Waals surface area contributed by atoms with Crippen LogP contribution in [-0.2, 0) is 10.2 Å². The fourth-order valence-electron chi connectivity index (χ4n) is 1.12. The van der Waals surface area contributed by atoms with Crippen LogP contribution < -0.4 is 0 Å². The Morgan fingerprint density at radius 1 is 1.46 bits per heavy atom. The van der Waals surface area contributed by atoms with Crippen LogP contribution >= 0.6 is 15.9 Å². The standard InChI is InChI=1S/C11H11BrO/c1-3-11(2,8-13)9-6-4-5-7-10(9)12/h3-8H,1H2,2H3. The fourth-order valence-corrected chi connectivity index (χ4v) is 1.83. The third kappa shape index (κ3) is 1.89. The maximum atomic E-state index is 10.9. The van der Waals surface area contributed by atoms with Crippen LogP contribution in [0, 0.1) is 0 Å². The molecule has 0 fully saturated rings. The molecular weight excluding hydrogens is 228 g/mol. The SMILES string of the molecule is C=CC(C)(C=O)c1ccccc1Br. The first-order valence-corrected chi connectivity index (χ1v) is 4.78. The summed E-state index contributed by atoms with van der Waals surface area (Å²) in [7, 11) is 0. The minimum atomic E-state index is -0.597. The van der Waals surface area contributed by atoms with Crippen LogP contribution in [0.15, 0.2) is 41.4 Å². The largest absolute Gasteiger partial charge is 0.302 e. The third-order valence-electron chi connectivity index (χ3n) is 2.12. The van der Waals surface area contributed by atoms with E-state index in [1.54, 1.807) is 6.08 Å². The van der Waals surface area contributed by atoms with E-state index in [0.29, 0.717) is 0 Å². The highest BCUT2D eigenvalue weighted by Gasteiger charge is 2.23. The highest BCUT2D eigenvalue weighted by atomic mass is 79.9. The lowest BCUT2D eigenvalue weighted by atomic mass is 9.84. The van der Waals surface area contributed by atoms with Gasteiger partial charge in [-0.1, -0.05) is 40.2 Å². The van der Waals surface area contributed by atoms with Crippen LogP contribution in [-0.4, -0.2) is 6.29 Å². The molecule has 1 aromatic carbocycles. The summed E-state index contributed by atoms with van der Waals surface area (Å²) in [4.78, 5) is 10.9. The number of halogens is 1. The molecule has 13 heavy (non-hydrogen) atoms.